The number of hydrogen-bond donors (Lipinski definition) is 1. The number of hydrogen-bond acceptors (Lipinski definition) is 2. The van der Waals surface area contributed by atoms with Gasteiger partial charge in [-0.05, 0) is 43.0 Å². The van der Waals surface area contributed by atoms with Gasteiger partial charge in [-0.2, -0.15) is 0 Å². The lowest BCUT2D eigenvalue weighted by Crippen LogP contribution is -2.10. The average molecular weight is 255 g/mol. The number of fused-ring (bicyclic) bond motifs is 1. The van der Waals surface area contributed by atoms with Gasteiger partial charge in [0.1, 0.15) is 0 Å². The van der Waals surface area contributed by atoms with Crippen molar-refractivity contribution in [3.05, 3.63) is 53.1 Å². The number of nitrogens with zero attached hydrogens (tertiary/aromatic N) is 2. The number of aromatic nitrogens is 2. The summed E-state index contributed by atoms with van der Waals surface area (Å²) >= 11 is 0. The van der Waals surface area contributed by atoms with Crippen molar-refractivity contribution in [1.82, 2.24) is 14.9 Å². The van der Waals surface area contributed by atoms with E-state index in [1.807, 2.05) is 13.4 Å². The third kappa shape index (κ3) is 2.87. The molecule has 0 saturated heterocycles. The molecule has 0 unspecified atom stereocenters. The Bertz CT molecular complexity index is 557. The Morgan fingerprint density at radius 3 is 3.05 bits per heavy atom. The number of benzene rings is 1. The van der Waals surface area contributed by atoms with Crippen LogP contribution in [-0.4, -0.2) is 23.1 Å². The smallest absolute Gasteiger partial charge is 0.0952 e. The highest BCUT2D eigenvalue weighted by Gasteiger charge is 2.10. The van der Waals surface area contributed by atoms with Crippen LogP contribution in [0.3, 0.4) is 0 Å². The van der Waals surface area contributed by atoms with Gasteiger partial charge in [-0.25, -0.2) is 4.98 Å². The summed E-state index contributed by atoms with van der Waals surface area (Å²) < 4.78 is 2.18. The molecule has 1 N–H and O–H groups in total. The van der Waals surface area contributed by atoms with Gasteiger partial charge in [0.2, 0.25) is 0 Å². The van der Waals surface area contributed by atoms with E-state index in [1.165, 1.54) is 24.8 Å². The fraction of sp³-hybridized carbons (Fsp3) is 0.438. The van der Waals surface area contributed by atoms with Crippen molar-refractivity contribution in [3.8, 4) is 0 Å². The van der Waals surface area contributed by atoms with Gasteiger partial charge in [-0.3, -0.25) is 0 Å². The predicted molar refractivity (Wildman–Crippen MR) is 77.4 cm³/mol. The third-order valence-electron chi connectivity index (χ3n) is 3.85. The lowest BCUT2D eigenvalue weighted by atomic mass is 10.1. The number of likely N-dealkylation sites (N-methyl/N-ethyl adjacent to an activating group) is 1. The van der Waals surface area contributed by atoms with E-state index in [0.717, 1.165) is 25.2 Å². The van der Waals surface area contributed by atoms with E-state index >= 15 is 0 Å². The monoisotopic (exact) mass is 255 g/mol. The molecule has 2 aromatic rings. The minimum Gasteiger partial charge on any atom is -0.333 e. The van der Waals surface area contributed by atoms with E-state index in [-0.39, 0.29) is 0 Å². The van der Waals surface area contributed by atoms with Gasteiger partial charge in [-0.1, -0.05) is 18.2 Å². The maximum absolute atomic E-state index is 4.45. The lowest BCUT2D eigenvalue weighted by molar-refractivity contribution is 0.773. The molecular formula is C16H21N3. The predicted octanol–water partition coefficient (Wildman–Crippen LogP) is 2.18. The topological polar surface area (TPSA) is 29.9 Å². The van der Waals surface area contributed by atoms with Crippen LogP contribution in [-0.2, 0) is 25.8 Å². The van der Waals surface area contributed by atoms with E-state index in [9.17, 15) is 0 Å². The second-order valence-corrected chi connectivity index (χ2v) is 5.35. The van der Waals surface area contributed by atoms with Gasteiger partial charge >= 0.3 is 0 Å². The molecule has 0 fully saturated rings. The Morgan fingerprint density at radius 1 is 1.26 bits per heavy atom. The first-order valence-corrected chi connectivity index (χ1v) is 7.11. The van der Waals surface area contributed by atoms with Crippen molar-refractivity contribution >= 4 is 0 Å². The van der Waals surface area contributed by atoms with Crippen LogP contribution in [0.5, 0.6) is 0 Å². The fourth-order valence-electron chi connectivity index (χ4n) is 2.81. The van der Waals surface area contributed by atoms with Crippen LogP contribution < -0.4 is 5.32 Å². The molecule has 0 bridgehead atoms. The van der Waals surface area contributed by atoms with Crippen LogP contribution >= 0.6 is 0 Å². The highest BCUT2D eigenvalue weighted by molar-refractivity contribution is 5.35. The molecule has 1 heterocycles. The standard InChI is InChI=1S/C16H21N3/c1-17-8-7-16-11-19(12-18-16)10-13-5-6-14-3-2-4-15(14)9-13/h5-6,9,11-12,17H,2-4,7-8,10H2,1H3. The van der Waals surface area contributed by atoms with Crippen molar-refractivity contribution in [2.24, 2.45) is 0 Å². The molecule has 1 aromatic heterocycles. The Balaban J connectivity index is 1.69. The zero-order valence-electron chi connectivity index (χ0n) is 11.5. The van der Waals surface area contributed by atoms with Crippen LogP contribution in [0.25, 0.3) is 0 Å². The van der Waals surface area contributed by atoms with Gasteiger partial charge in [0, 0.05) is 25.7 Å². The lowest BCUT2D eigenvalue weighted by Gasteiger charge is -2.05. The van der Waals surface area contributed by atoms with E-state index in [2.05, 4.69) is 39.3 Å². The zero-order valence-corrected chi connectivity index (χ0v) is 11.5. The van der Waals surface area contributed by atoms with Gasteiger partial charge in [-0.15, -0.1) is 0 Å². The van der Waals surface area contributed by atoms with Gasteiger partial charge in [0.25, 0.3) is 0 Å². The number of rotatable bonds is 5. The van der Waals surface area contributed by atoms with Gasteiger partial charge < -0.3 is 9.88 Å². The molecule has 3 rings (SSSR count). The SMILES string of the molecule is CNCCc1cn(Cc2ccc3c(c2)CCC3)cn1. The number of imidazole rings is 1. The number of aryl methyl sites for hydroxylation is 2. The normalized spacial score (nSPS) is 13.7. The molecule has 0 atom stereocenters. The van der Waals surface area contributed by atoms with Crippen molar-refractivity contribution in [1.29, 1.82) is 0 Å². The molecule has 0 amide bonds. The van der Waals surface area contributed by atoms with E-state index in [4.69, 9.17) is 0 Å². The summed E-state index contributed by atoms with van der Waals surface area (Å²) in [6.45, 7) is 1.91. The Hall–Kier alpha value is -1.61. The van der Waals surface area contributed by atoms with Gasteiger partial charge in [0.05, 0.1) is 12.0 Å². The van der Waals surface area contributed by atoms with E-state index in [0.29, 0.717) is 0 Å². The highest BCUT2D eigenvalue weighted by Crippen LogP contribution is 2.23. The second-order valence-electron chi connectivity index (χ2n) is 5.35. The molecule has 0 saturated carbocycles. The molecule has 100 valence electrons. The first kappa shape index (κ1) is 12.4. The maximum atomic E-state index is 4.45. The minimum atomic E-state index is 0.930. The molecule has 1 aromatic carbocycles. The average Bonchev–Trinajstić information content (AvgIpc) is 3.05. The Morgan fingerprint density at radius 2 is 2.16 bits per heavy atom. The van der Waals surface area contributed by atoms with Crippen LogP contribution in [0.1, 0.15) is 28.8 Å². The molecule has 3 heteroatoms. The summed E-state index contributed by atoms with van der Waals surface area (Å²) in [5.41, 5.74) is 5.64. The first-order chi connectivity index (χ1) is 9.35. The molecule has 19 heavy (non-hydrogen) atoms. The summed E-state index contributed by atoms with van der Waals surface area (Å²) in [6.07, 6.45) is 8.92. The maximum Gasteiger partial charge on any atom is 0.0952 e. The molecule has 0 aliphatic heterocycles. The highest BCUT2D eigenvalue weighted by atomic mass is 15.0. The fourth-order valence-corrected chi connectivity index (χ4v) is 2.81. The van der Waals surface area contributed by atoms with Crippen LogP contribution in [0.15, 0.2) is 30.7 Å². The van der Waals surface area contributed by atoms with Crippen molar-refractivity contribution in [3.63, 3.8) is 0 Å². The second kappa shape index (κ2) is 5.57. The summed E-state index contributed by atoms with van der Waals surface area (Å²) in [6, 6.07) is 6.93. The molecule has 0 radical (unpaired) electrons. The van der Waals surface area contributed by atoms with Gasteiger partial charge in [0.15, 0.2) is 0 Å². The molecule has 1 aliphatic carbocycles. The summed E-state index contributed by atoms with van der Waals surface area (Å²) in [5, 5.41) is 3.15. The first-order valence-electron chi connectivity index (χ1n) is 7.11. The Kier molecular flexibility index (Phi) is 3.65. The minimum absolute atomic E-state index is 0.930. The number of nitrogens with one attached hydrogen (secondary N) is 1. The van der Waals surface area contributed by atoms with Crippen molar-refractivity contribution in [2.45, 2.75) is 32.2 Å². The van der Waals surface area contributed by atoms with E-state index in [1.54, 1.807) is 11.1 Å². The summed E-state index contributed by atoms with van der Waals surface area (Å²) in [4.78, 5) is 4.45. The molecule has 3 nitrogen and oxygen atoms in total. The van der Waals surface area contributed by atoms with Crippen LogP contribution in [0, 0.1) is 0 Å². The summed E-state index contributed by atoms with van der Waals surface area (Å²) in [7, 11) is 1.97. The quantitative estimate of drug-likeness (QED) is 0.887. The van der Waals surface area contributed by atoms with Crippen molar-refractivity contribution in [2.75, 3.05) is 13.6 Å². The van der Waals surface area contributed by atoms with E-state index < -0.39 is 0 Å². The zero-order chi connectivity index (χ0) is 13.1. The largest absolute Gasteiger partial charge is 0.333 e. The molecule has 0 spiro atoms. The summed E-state index contributed by atoms with van der Waals surface area (Å²) in [5.74, 6) is 0. The third-order valence-corrected chi connectivity index (χ3v) is 3.85. The van der Waals surface area contributed by atoms with Crippen LogP contribution in [0.4, 0.5) is 0 Å². The van der Waals surface area contributed by atoms with Crippen molar-refractivity contribution < 1.29 is 0 Å². The Labute approximate surface area is 114 Å². The molecule has 1 aliphatic rings. The van der Waals surface area contributed by atoms with Crippen LogP contribution in [0.2, 0.25) is 0 Å². The molecular weight excluding hydrogens is 234 g/mol.